The van der Waals surface area contributed by atoms with E-state index in [1.165, 1.54) is 33.9 Å². The minimum Gasteiger partial charge on any atom is -0.369 e. The van der Waals surface area contributed by atoms with Crippen LogP contribution in [-0.4, -0.2) is 49.4 Å². The summed E-state index contributed by atoms with van der Waals surface area (Å²) in [6.07, 6.45) is 3.69. The van der Waals surface area contributed by atoms with Gasteiger partial charge in [-0.05, 0) is 43.0 Å². The Morgan fingerprint density at radius 3 is 2.54 bits per heavy atom. The van der Waals surface area contributed by atoms with Crippen molar-refractivity contribution in [3.63, 3.8) is 0 Å². The highest BCUT2D eigenvalue weighted by molar-refractivity contribution is 7.14. The first kappa shape index (κ1) is 19.0. The number of anilines is 1. The molecular formula is C21H26N4O2S. The standard InChI is InChI=1S/C21H26N4O2S/c26-20(22-23-21(27)19-15-16-5-4-8-18(16)28-19)9-10-24-11-13-25(14-12-24)17-6-2-1-3-7-17/h1-3,6-7,15H,4-5,8-14H2,(H,22,26)(H,23,27). The molecular weight excluding hydrogens is 372 g/mol. The summed E-state index contributed by atoms with van der Waals surface area (Å²) < 4.78 is 0. The quantitative estimate of drug-likeness (QED) is 0.758. The van der Waals surface area contributed by atoms with Crippen molar-refractivity contribution in [2.24, 2.45) is 0 Å². The van der Waals surface area contributed by atoms with Gasteiger partial charge in [-0.25, -0.2) is 0 Å². The number of benzene rings is 1. The van der Waals surface area contributed by atoms with Gasteiger partial charge in [-0.3, -0.25) is 25.3 Å². The van der Waals surface area contributed by atoms with Gasteiger partial charge in [-0.1, -0.05) is 18.2 Å². The molecule has 0 unspecified atom stereocenters. The summed E-state index contributed by atoms with van der Waals surface area (Å²) in [7, 11) is 0. The number of fused-ring (bicyclic) bond motifs is 1. The predicted octanol–water partition coefficient (Wildman–Crippen LogP) is 2.21. The van der Waals surface area contributed by atoms with Crippen molar-refractivity contribution in [1.82, 2.24) is 15.8 Å². The number of amides is 2. The number of para-hydroxylation sites is 1. The number of aryl methyl sites for hydroxylation is 2. The molecule has 1 aliphatic heterocycles. The van der Waals surface area contributed by atoms with Gasteiger partial charge < -0.3 is 4.90 Å². The molecule has 0 bridgehead atoms. The molecule has 7 heteroatoms. The van der Waals surface area contributed by atoms with E-state index in [9.17, 15) is 9.59 Å². The maximum atomic E-state index is 12.2. The SMILES string of the molecule is O=C(CCN1CCN(c2ccccc2)CC1)NNC(=O)c1cc2c(s1)CCC2. The smallest absolute Gasteiger partial charge is 0.279 e. The van der Waals surface area contributed by atoms with Crippen molar-refractivity contribution >= 4 is 28.8 Å². The van der Waals surface area contributed by atoms with Crippen LogP contribution in [0.4, 0.5) is 5.69 Å². The Kier molecular flexibility index (Phi) is 5.92. The van der Waals surface area contributed by atoms with Gasteiger partial charge in [0.1, 0.15) is 0 Å². The van der Waals surface area contributed by atoms with E-state index in [-0.39, 0.29) is 11.8 Å². The minimum atomic E-state index is -0.218. The van der Waals surface area contributed by atoms with Crippen molar-refractivity contribution in [2.45, 2.75) is 25.7 Å². The molecule has 2 heterocycles. The lowest BCUT2D eigenvalue weighted by Crippen LogP contribution is -2.48. The molecule has 0 radical (unpaired) electrons. The number of nitrogens with one attached hydrogen (secondary N) is 2. The molecule has 148 valence electrons. The highest BCUT2D eigenvalue weighted by atomic mass is 32.1. The third-order valence-electron chi connectivity index (χ3n) is 5.43. The van der Waals surface area contributed by atoms with E-state index in [4.69, 9.17) is 0 Å². The minimum absolute atomic E-state index is 0.150. The summed E-state index contributed by atoms with van der Waals surface area (Å²) in [6, 6.07) is 12.4. The summed E-state index contributed by atoms with van der Waals surface area (Å²) in [4.78, 5) is 30.9. The number of carbonyl (C=O) groups excluding carboxylic acids is 2. The number of thiophene rings is 1. The average Bonchev–Trinajstić information content (AvgIpc) is 3.34. The van der Waals surface area contributed by atoms with Crippen molar-refractivity contribution in [1.29, 1.82) is 0 Å². The Morgan fingerprint density at radius 1 is 1.00 bits per heavy atom. The Bertz CT molecular complexity index is 807. The van der Waals surface area contributed by atoms with Crippen LogP contribution in [0, 0.1) is 0 Å². The fourth-order valence-electron chi connectivity index (χ4n) is 3.82. The summed E-state index contributed by atoms with van der Waals surface area (Å²) in [5.74, 6) is -0.368. The van der Waals surface area contributed by atoms with E-state index >= 15 is 0 Å². The van der Waals surface area contributed by atoms with E-state index in [1.807, 2.05) is 12.1 Å². The monoisotopic (exact) mass is 398 g/mol. The van der Waals surface area contributed by atoms with Crippen LogP contribution >= 0.6 is 11.3 Å². The fourth-order valence-corrected chi connectivity index (χ4v) is 4.97. The van der Waals surface area contributed by atoms with Crippen LogP contribution in [0.5, 0.6) is 0 Å². The summed E-state index contributed by atoms with van der Waals surface area (Å²) in [6.45, 7) is 4.51. The molecule has 0 saturated carbocycles. The zero-order valence-electron chi connectivity index (χ0n) is 15.9. The second-order valence-corrected chi connectivity index (χ2v) is 8.47. The van der Waals surface area contributed by atoms with Crippen LogP contribution in [0.1, 0.15) is 33.0 Å². The first-order chi connectivity index (χ1) is 13.7. The van der Waals surface area contributed by atoms with Crippen LogP contribution in [-0.2, 0) is 17.6 Å². The van der Waals surface area contributed by atoms with Gasteiger partial charge in [0.25, 0.3) is 5.91 Å². The molecule has 28 heavy (non-hydrogen) atoms. The predicted molar refractivity (Wildman–Crippen MR) is 112 cm³/mol. The van der Waals surface area contributed by atoms with E-state index in [1.54, 1.807) is 0 Å². The zero-order valence-corrected chi connectivity index (χ0v) is 16.8. The third-order valence-corrected chi connectivity index (χ3v) is 6.67. The van der Waals surface area contributed by atoms with E-state index in [0.717, 1.165) is 39.0 Å². The lowest BCUT2D eigenvalue weighted by atomic mass is 10.2. The van der Waals surface area contributed by atoms with Gasteiger partial charge in [-0.2, -0.15) is 0 Å². The molecule has 1 fully saturated rings. The summed E-state index contributed by atoms with van der Waals surface area (Å²) in [5, 5.41) is 0. The van der Waals surface area contributed by atoms with Gasteiger partial charge in [-0.15, -0.1) is 11.3 Å². The Labute approximate surface area is 169 Å². The second-order valence-electron chi connectivity index (χ2n) is 7.33. The first-order valence-corrected chi connectivity index (χ1v) is 10.7. The van der Waals surface area contributed by atoms with Crippen molar-refractivity contribution in [3.05, 3.63) is 51.7 Å². The topological polar surface area (TPSA) is 64.7 Å². The van der Waals surface area contributed by atoms with Crippen LogP contribution in [0.2, 0.25) is 0 Å². The van der Waals surface area contributed by atoms with Crippen molar-refractivity contribution in [2.75, 3.05) is 37.6 Å². The van der Waals surface area contributed by atoms with Gasteiger partial charge >= 0.3 is 0 Å². The molecule has 0 atom stereocenters. The molecule has 2 amide bonds. The lowest BCUT2D eigenvalue weighted by molar-refractivity contribution is -0.122. The number of hydrogen-bond acceptors (Lipinski definition) is 5. The van der Waals surface area contributed by atoms with Gasteiger partial charge in [0.15, 0.2) is 0 Å². The molecule has 4 rings (SSSR count). The van der Waals surface area contributed by atoms with Gasteiger partial charge in [0.05, 0.1) is 4.88 Å². The van der Waals surface area contributed by atoms with E-state index in [0.29, 0.717) is 17.8 Å². The zero-order chi connectivity index (χ0) is 19.3. The average molecular weight is 399 g/mol. The maximum Gasteiger partial charge on any atom is 0.279 e. The van der Waals surface area contributed by atoms with Crippen LogP contribution in [0.15, 0.2) is 36.4 Å². The number of carbonyl (C=O) groups is 2. The molecule has 2 aliphatic rings. The number of piperazine rings is 1. The van der Waals surface area contributed by atoms with Gasteiger partial charge in [0, 0.05) is 49.7 Å². The molecule has 1 aliphatic carbocycles. The largest absolute Gasteiger partial charge is 0.369 e. The molecule has 6 nitrogen and oxygen atoms in total. The van der Waals surface area contributed by atoms with E-state index in [2.05, 4.69) is 44.9 Å². The number of hydrazine groups is 1. The molecule has 2 N–H and O–H groups in total. The first-order valence-electron chi connectivity index (χ1n) is 9.92. The van der Waals surface area contributed by atoms with Crippen molar-refractivity contribution < 1.29 is 9.59 Å². The normalized spacial score (nSPS) is 16.6. The number of rotatable bonds is 5. The van der Waals surface area contributed by atoms with Crippen LogP contribution in [0.3, 0.4) is 0 Å². The molecule has 1 saturated heterocycles. The highest BCUT2D eigenvalue weighted by Crippen LogP contribution is 2.30. The molecule has 2 aromatic rings. The highest BCUT2D eigenvalue weighted by Gasteiger charge is 2.20. The second kappa shape index (κ2) is 8.75. The molecule has 1 aromatic carbocycles. The number of hydrogen-bond donors (Lipinski definition) is 2. The molecule has 0 spiro atoms. The van der Waals surface area contributed by atoms with Crippen LogP contribution in [0.25, 0.3) is 0 Å². The fraction of sp³-hybridized carbons (Fsp3) is 0.429. The van der Waals surface area contributed by atoms with Crippen LogP contribution < -0.4 is 15.8 Å². The maximum absolute atomic E-state index is 12.2. The Hall–Kier alpha value is -2.38. The molecule has 1 aromatic heterocycles. The third kappa shape index (κ3) is 4.54. The summed E-state index contributed by atoms with van der Waals surface area (Å²) >= 11 is 1.54. The van der Waals surface area contributed by atoms with E-state index < -0.39 is 0 Å². The van der Waals surface area contributed by atoms with Gasteiger partial charge in [0.2, 0.25) is 5.91 Å². The Balaban J connectivity index is 1.15. The number of nitrogens with zero attached hydrogens (tertiary/aromatic N) is 2. The Morgan fingerprint density at radius 2 is 1.79 bits per heavy atom. The lowest BCUT2D eigenvalue weighted by Gasteiger charge is -2.36. The summed E-state index contributed by atoms with van der Waals surface area (Å²) in [5.41, 5.74) is 7.64. The van der Waals surface area contributed by atoms with Crippen molar-refractivity contribution in [3.8, 4) is 0 Å².